The third-order valence-corrected chi connectivity index (χ3v) is 4.48. The average Bonchev–Trinajstić information content (AvgIpc) is 2.99. The zero-order valence-electron chi connectivity index (χ0n) is 12.8. The number of likely N-dealkylation sites (N-methyl/N-ethyl adjacent to an activating group) is 1. The zero-order valence-corrected chi connectivity index (χ0v) is 13.6. The van der Waals surface area contributed by atoms with E-state index in [1.165, 1.54) is 5.56 Å². The number of aromatic nitrogens is 2. The van der Waals surface area contributed by atoms with Crippen LogP contribution in [0.1, 0.15) is 17.4 Å². The van der Waals surface area contributed by atoms with E-state index in [0.717, 1.165) is 37.0 Å². The average molecular weight is 317 g/mol. The number of hydrogen-bond donors (Lipinski definition) is 0. The second kappa shape index (κ2) is 6.65. The van der Waals surface area contributed by atoms with Gasteiger partial charge in [-0.3, -0.25) is 4.90 Å². The maximum Gasteiger partial charge on any atom is 0.134 e. The summed E-state index contributed by atoms with van der Waals surface area (Å²) in [6.07, 6.45) is 5.58. The van der Waals surface area contributed by atoms with Crippen molar-refractivity contribution in [2.45, 2.75) is 6.04 Å². The molecule has 22 heavy (non-hydrogen) atoms. The summed E-state index contributed by atoms with van der Waals surface area (Å²) in [5.74, 6) is 1.00. The molecule has 0 bridgehead atoms. The lowest BCUT2D eigenvalue weighted by Gasteiger charge is -2.37. The van der Waals surface area contributed by atoms with E-state index >= 15 is 0 Å². The summed E-state index contributed by atoms with van der Waals surface area (Å²) >= 11 is 6.05. The highest BCUT2D eigenvalue weighted by Gasteiger charge is 2.28. The first-order valence-corrected chi connectivity index (χ1v) is 7.90. The molecule has 2 heterocycles. The van der Waals surface area contributed by atoms with Crippen molar-refractivity contribution in [3.63, 3.8) is 0 Å². The van der Waals surface area contributed by atoms with E-state index in [-0.39, 0.29) is 6.04 Å². The standard InChI is InChI=1S/C17H21ClN4/c1-3-21-9-8-19-17(21)16(14-4-6-15(18)7-5-14)22-12-10-20(2)11-13-22/h3-9,16H,1,10-13H2,2H3. The van der Waals surface area contributed by atoms with Gasteiger partial charge in [-0.1, -0.05) is 30.3 Å². The fourth-order valence-electron chi connectivity index (χ4n) is 2.94. The number of imidazole rings is 1. The van der Waals surface area contributed by atoms with Gasteiger partial charge in [-0.15, -0.1) is 0 Å². The summed E-state index contributed by atoms with van der Waals surface area (Å²) in [7, 11) is 2.17. The maximum absolute atomic E-state index is 6.05. The van der Waals surface area contributed by atoms with Crippen LogP contribution in [-0.4, -0.2) is 52.6 Å². The predicted molar refractivity (Wildman–Crippen MR) is 91.0 cm³/mol. The van der Waals surface area contributed by atoms with Crippen LogP contribution in [0.5, 0.6) is 0 Å². The van der Waals surface area contributed by atoms with Crippen LogP contribution in [0.25, 0.3) is 6.20 Å². The van der Waals surface area contributed by atoms with Gasteiger partial charge in [0.25, 0.3) is 0 Å². The number of benzene rings is 1. The lowest BCUT2D eigenvalue weighted by Crippen LogP contribution is -2.46. The van der Waals surface area contributed by atoms with Crippen LogP contribution in [0, 0.1) is 0 Å². The molecule has 2 aromatic rings. The Balaban J connectivity index is 1.98. The summed E-state index contributed by atoms with van der Waals surface area (Å²) in [5.41, 5.74) is 1.21. The molecular weight excluding hydrogens is 296 g/mol. The second-order valence-electron chi connectivity index (χ2n) is 5.67. The van der Waals surface area contributed by atoms with Gasteiger partial charge in [0, 0.05) is 49.8 Å². The Kier molecular flexibility index (Phi) is 4.62. The molecular formula is C17H21ClN4. The molecule has 1 aliphatic heterocycles. The van der Waals surface area contributed by atoms with Gasteiger partial charge < -0.3 is 9.47 Å². The van der Waals surface area contributed by atoms with Crippen molar-refractivity contribution in [2.75, 3.05) is 33.2 Å². The zero-order chi connectivity index (χ0) is 15.5. The molecule has 1 unspecified atom stereocenters. The number of nitrogens with zero attached hydrogens (tertiary/aromatic N) is 4. The topological polar surface area (TPSA) is 24.3 Å². The molecule has 1 saturated heterocycles. The molecule has 5 heteroatoms. The summed E-state index contributed by atoms with van der Waals surface area (Å²) in [4.78, 5) is 9.42. The number of halogens is 1. The molecule has 0 N–H and O–H groups in total. The predicted octanol–water partition coefficient (Wildman–Crippen LogP) is 2.97. The fourth-order valence-corrected chi connectivity index (χ4v) is 3.07. The highest BCUT2D eigenvalue weighted by Crippen LogP contribution is 2.29. The van der Waals surface area contributed by atoms with E-state index in [4.69, 9.17) is 11.6 Å². The summed E-state index contributed by atoms with van der Waals surface area (Å²) in [6.45, 7) is 8.07. The van der Waals surface area contributed by atoms with Crippen molar-refractivity contribution < 1.29 is 0 Å². The van der Waals surface area contributed by atoms with Crippen LogP contribution in [0.15, 0.2) is 43.2 Å². The van der Waals surface area contributed by atoms with E-state index in [9.17, 15) is 0 Å². The molecule has 1 aromatic heterocycles. The normalized spacial score (nSPS) is 18.3. The first kappa shape index (κ1) is 15.3. The third kappa shape index (κ3) is 3.09. The molecule has 1 aromatic carbocycles. The van der Waals surface area contributed by atoms with E-state index in [0.29, 0.717) is 0 Å². The van der Waals surface area contributed by atoms with Crippen molar-refractivity contribution in [2.24, 2.45) is 0 Å². The number of piperazine rings is 1. The van der Waals surface area contributed by atoms with Gasteiger partial charge in [-0.25, -0.2) is 4.98 Å². The van der Waals surface area contributed by atoms with Crippen LogP contribution in [0.3, 0.4) is 0 Å². The second-order valence-corrected chi connectivity index (χ2v) is 6.11. The molecule has 1 fully saturated rings. The van der Waals surface area contributed by atoms with Crippen LogP contribution in [-0.2, 0) is 0 Å². The molecule has 0 aliphatic carbocycles. The minimum Gasteiger partial charge on any atom is -0.310 e. The Morgan fingerprint density at radius 1 is 1.18 bits per heavy atom. The van der Waals surface area contributed by atoms with E-state index in [1.807, 2.05) is 29.1 Å². The lowest BCUT2D eigenvalue weighted by molar-refractivity contribution is 0.123. The minimum absolute atomic E-state index is 0.124. The summed E-state index contributed by atoms with van der Waals surface area (Å²) in [6, 6.07) is 8.20. The third-order valence-electron chi connectivity index (χ3n) is 4.23. The van der Waals surface area contributed by atoms with E-state index in [1.54, 1.807) is 6.20 Å². The van der Waals surface area contributed by atoms with E-state index in [2.05, 4.69) is 40.5 Å². The molecule has 3 rings (SSSR count). The largest absolute Gasteiger partial charge is 0.310 e. The highest BCUT2D eigenvalue weighted by molar-refractivity contribution is 6.30. The first-order valence-electron chi connectivity index (χ1n) is 7.52. The summed E-state index contributed by atoms with van der Waals surface area (Å²) in [5, 5.41) is 0.757. The van der Waals surface area contributed by atoms with Crippen LogP contribution < -0.4 is 0 Å². The molecule has 116 valence electrons. The van der Waals surface area contributed by atoms with Gasteiger partial charge >= 0.3 is 0 Å². The van der Waals surface area contributed by atoms with Crippen molar-refractivity contribution in [1.29, 1.82) is 0 Å². The smallest absolute Gasteiger partial charge is 0.134 e. The molecule has 0 radical (unpaired) electrons. The van der Waals surface area contributed by atoms with Gasteiger partial charge in [0.2, 0.25) is 0 Å². The fraction of sp³-hybridized carbons (Fsp3) is 0.353. The van der Waals surface area contributed by atoms with Gasteiger partial charge in [-0.05, 0) is 24.7 Å². The van der Waals surface area contributed by atoms with Gasteiger partial charge in [-0.2, -0.15) is 0 Å². The Morgan fingerprint density at radius 2 is 1.86 bits per heavy atom. The Morgan fingerprint density at radius 3 is 2.50 bits per heavy atom. The summed E-state index contributed by atoms with van der Waals surface area (Å²) < 4.78 is 2.00. The molecule has 0 spiro atoms. The van der Waals surface area contributed by atoms with Gasteiger partial charge in [0.15, 0.2) is 0 Å². The molecule has 0 saturated carbocycles. The lowest BCUT2D eigenvalue weighted by atomic mass is 10.0. The SMILES string of the molecule is C=Cn1ccnc1C(c1ccc(Cl)cc1)N1CCN(C)CC1. The maximum atomic E-state index is 6.05. The van der Waals surface area contributed by atoms with Crippen LogP contribution >= 0.6 is 11.6 Å². The van der Waals surface area contributed by atoms with Crippen LogP contribution in [0.2, 0.25) is 5.02 Å². The minimum atomic E-state index is 0.124. The van der Waals surface area contributed by atoms with Crippen LogP contribution in [0.4, 0.5) is 0 Å². The highest BCUT2D eigenvalue weighted by atomic mass is 35.5. The number of hydrogen-bond acceptors (Lipinski definition) is 3. The Hall–Kier alpha value is -1.62. The molecule has 0 amide bonds. The molecule has 4 nitrogen and oxygen atoms in total. The molecule has 1 atom stereocenters. The monoisotopic (exact) mass is 316 g/mol. The van der Waals surface area contributed by atoms with Crippen molar-refractivity contribution in [3.05, 3.63) is 59.6 Å². The van der Waals surface area contributed by atoms with Crippen molar-refractivity contribution >= 4 is 17.8 Å². The first-order chi connectivity index (χ1) is 10.7. The van der Waals surface area contributed by atoms with E-state index < -0.39 is 0 Å². The number of rotatable bonds is 4. The van der Waals surface area contributed by atoms with Gasteiger partial charge in [0.1, 0.15) is 5.82 Å². The van der Waals surface area contributed by atoms with Gasteiger partial charge in [0.05, 0.1) is 6.04 Å². The Bertz CT molecular complexity index is 626. The molecule has 1 aliphatic rings. The van der Waals surface area contributed by atoms with Crippen molar-refractivity contribution in [3.8, 4) is 0 Å². The quantitative estimate of drug-likeness (QED) is 0.866. The van der Waals surface area contributed by atoms with Crippen molar-refractivity contribution in [1.82, 2.24) is 19.4 Å². The Labute approximate surface area is 136 Å².